The number of nitrogens with zero attached hydrogens (tertiary/aromatic N) is 1. The van der Waals surface area contributed by atoms with E-state index in [4.69, 9.17) is 16.3 Å². The van der Waals surface area contributed by atoms with E-state index >= 15 is 0 Å². The van der Waals surface area contributed by atoms with Crippen LogP contribution in [0.2, 0.25) is 5.02 Å². The Morgan fingerprint density at radius 1 is 1.13 bits per heavy atom. The molecule has 0 spiro atoms. The maximum absolute atomic E-state index is 12.7. The average molecular weight is 463 g/mol. The van der Waals surface area contributed by atoms with Crippen LogP contribution in [0.1, 0.15) is 21.5 Å². The van der Waals surface area contributed by atoms with Gasteiger partial charge in [-0.2, -0.15) is 0 Å². The van der Waals surface area contributed by atoms with Crippen molar-refractivity contribution in [3.8, 4) is 0 Å². The van der Waals surface area contributed by atoms with E-state index in [1.54, 1.807) is 25.1 Å². The number of rotatable bonds is 7. The minimum absolute atomic E-state index is 0.0327. The van der Waals surface area contributed by atoms with Gasteiger partial charge in [0.25, 0.3) is 10.0 Å². The highest BCUT2D eigenvalue weighted by atomic mass is 35.5. The van der Waals surface area contributed by atoms with Crippen LogP contribution in [0, 0.1) is 6.92 Å². The summed E-state index contributed by atoms with van der Waals surface area (Å²) in [4.78, 5) is 16.1. The molecule has 0 saturated carbocycles. The number of benzene rings is 2. The number of methoxy groups -OCH3 is 1. The largest absolute Gasteiger partial charge is 0.465 e. The highest BCUT2D eigenvalue weighted by Gasteiger charge is 2.18. The fourth-order valence-electron chi connectivity index (χ4n) is 2.58. The predicted octanol–water partition coefficient (Wildman–Crippen LogP) is 4.92. The van der Waals surface area contributed by atoms with Gasteiger partial charge in [-0.05, 0) is 54.4 Å². The molecule has 1 aromatic heterocycles. The van der Waals surface area contributed by atoms with E-state index in [2.05, 4.69) is 9.71 Å². The number of sulfonamides is 1. The van der Waals surface area contributed by atoms with E-state index in [1.807, 2.05) is 24.3 Å². The highest BCUT2D eigenvalue weighted by molar-refractivity contribution is 7.98. The number of hydrogen-bond donors (Lipinski definition) is 1. The molecule has 0 saturated heterocycles. The Balaban J connectivity index is 1.69. The average Bonchev–Trinajstić information content (AvgIpc) is 2.74. The molecule has 30 heavy (non-hydrogen) atoms. The van der Waals surface area contributed by atoms with Crippen LogP contribution in [0.3, 0.4) is 0 Å². The first-order valence-corrected chi connectivity index (χ1v) is 11.7. The Kier molecular flexibility index (Phi) is 7.02. The van der Waals surface area contributed by atoms with Crippen molar-refractivity contribution in [2.75, 3.05) is 11.8 Å². The molecule has 156 valence electrons. The van der Waals surface area contributed by atoms with Gasteiger partial charge in [0.1, 0.15) is 0 Å². The van der Waals surface area contributed by atoms with Gasteiger partial charge in [-0.3, -0.25) is 4.72 Å². The summed E-state index contributed by atoms with van der Waals surface area (Å²) in [6.45, 7) is 1.71. The van der Waals surface area contributed by atoms with Crippen LogP contribution in [0.4, 0.5) is 5.69 Å². The third kappa shape index (κ3) is 5.53. The van der Waals surface area contributed by atoms with Crippen LogP contribution in [-0.4, -0.2) is 26.5 Å². The minimum Gasteiger partial charge on any atom is -0.465 e. The number of pyridine rings is 1. The van der Waals surface area contributed by atoms with E-state index in [1.165, 1.54) is 37.2 Å². The lowest BCUT2D eigenvalue weighted by atomic mass is 10.1. The van der Waals surface area contributed by atoms with E-state index in [-0.39, 0.29) is 10.5 Å². The fraction of sp³-hybridized carbons (Fsp3) is 0.143. The van der Waals surface area contributed by atoms with Gasteiger partial charge in [0.15, 0.2) is 0 Å². The first kappa shape index (κ1) is 22.1. The van der Waals surface area contributed by atoms with Crippen molar-refractivity contribution in [3.63, 3.8) is 0 Å². The molecular formula is C21H19ClN2O4S2. The maximum atomic E-state index is 12.7. The second-order valence-electron chi connectivity index (χ2n) is 6.37. The molecule has 0 fully saturated rings. The van der Waals surface area contributed by atoms with Gasteiger partial charge in [-0.1, -0.05) is 29.8 Å². The Morgan fingerprint density at radius 3 is 2.50 bits per heavy atom. The summed E-state index contributed by atoms with van der Waals surface area (Å²) in [6.07, 6.45) is 1.46. The molecule has 0 aliphatic carbocycles. The number of ether oxygens (including phenoxy) is 1. The SMILES string of the molecule is COC(=O)c1cc(S(=O)(=O)Nc2ccc(SCc3ccc(Cl)cc3)nc2)ccc1C. The van der Waals surface area contributed by atoms with Crippen molar-refractivity contribution in [1.29, 1.82) is 0 Å². The van der Waals surface area contributed by atoms with Gasteiger partial charge in [-0.25, -0.2) is 18.2 Å². The molecule has 0 aliphatic rings. The lowest BCUT2D eigenvalue weighted by molar-refractivity contribution is 0.0599. The van der Waals surface area contributed by atoms with Crippen LogP contribution in [0.25, 0.3) is 0 Å². The van der Waals surface area contributed by atoms with Crippen LogP contribution >= 0.6 is 23.4 Å². The van der Waals surface area contributed by atoms with Gasteiger partial charge >= 0.3 is 5.97 Å². The lowest BCUT2D eigenvalue weighted by Gasteiger charge is -2.11. The smallest absolute Gasteiger partial charge is 0.338 e. The summed E-state index contributed by atoms with van der Waals surface area (Å²) < 4.78 is 32.6. The maximum Gasteiger partial charge on any atom is 0.338 e. The first-order chi connectivity index (χ1) is 14.3. The molecule has 6 nitrogen and oxygen atoms in total. The number of aryl methyl sites for hydroxylation is 1. The van der Waals surface area contributed by atoms with E-state index < -0.39 is 16.0 Å². The van der Waals surface area contributed by atoms with Crippen LogP contribution in [0.15, 0.2) is 70.7 Å². The normalized spacial score (nSPS) is 11.2. The zero-order valence-electron chi connectivity index (χ0n) is 16.3. The molecule has 3 rings (SSSR count). The van der Waals surface area contributed by atoms with E-state index in [9.17, 15) is 13.2 Å². The Bertz CT molecular complexity index is 1150. The van der Waals surface area contributed by atoms with Crippen molar-refractivity contribution in [3.05, 3.63) is 82.5 Å². The molecule has 0 atom stereocenters. The van der Waals surface area contributed by atoms with E-state index in [0.29, 0.717) is 16.3 Å². The molecule has 0 unspecified atom stereocenters. The number of anilines is 1. The number of carbonyl (C=O) groups excluding carboxylic acids is 1. The number of carbonyl (C=O) groups is 1. The minimum atomic E-state index is -3.88. The molecule has 0 aliphatic heterocycles. The monoisotopic (exact) mass is 462 g/mol. The van der Waals surface area contributed by atoms with Gasteiger partial charge in [0, 0.05) is 10.8 Å². The topological polar surface area (TPSA) is 85.4 Å². The summed E-state index contributed by atoms with van der Waals surface area (Å²) >= 11 is 7.41. The predicted molar refractivity (Wildman–Crippen MR) is 119 cm³/mol. The first-order valence-electron chi connectivity index (χ1n) is 8.83. The summed E-state index contributed by atoms with van der Waals surface area (Å²) in [5.41, 5.74) is 2.26. The van der Waals surface area contributed by atoms with Crippen molar-refractivity contribution < 1.29 is 17.9 Å². The zero-order valence-corrected chi connectivity index (χ0v) is 18.6. The molecular weight excluding hydrogens is 444 g/mol. The summed E-state index contributed by atoms with van der Waals surface area (Å²) in [6, 6.07) is 15.2. The second kappa shape index (κ2) is 9.51. The summed E-state index contributed by atoms with van der Waals surface area (Å²) in [5.74, 6) is 0.128. The van der Waals surface area contributed by atoms with Crippen LogP contribution < -0.4 is 4.72 Å². The lowest BCUT2D eigenvalue weighted by Crippen LogP contribution is -2.14. The number of thioether (sulfide) groups is 1. The fourth-order valence-corrected chi connectivity index (χ4v) is 4.57. The van der Waals surface area contributed by atoms with Gasteiger partial charge in [0.05, 0.1) is 34.5 Å². The number of nitrogens with one attached hydrogen (secondary N) is 1. The Hall–Kier alpha value is -2.55. The molecule has 0 bridgehead atoms. The Labute approximate surface area is 184 Å². The molecule has 9 heteroatoms. The van der Waals surface area contributed by atoms with Crippen molar-refractivity contribution in [1.82, 2.24) is 4.98 Å². The van der Waals surface area contributed by atoms with Crippen LogP contribution in [0.5, 0.6) is 0 Å². The summed E-state index contributed by atoms with van der Waals surface area (Å²) in [7, 11) is -2.63. The zero-order chi connectivity index (χ0) is 21.7. The molecule has 0 amide bonds. The van der Waals surface area contributed by atoms with Gasteiger partial charge in [-0.15, -0.1) is 11.8 Å². The van der Waals surface area contributed by atoms with Crippen molar-refractivity contribution >= 4 is 45.0 Å². The highest BCUT2D eigenvalue weighted by Crippen LogP contribution is 2.24. The quantitative estimate of drug-likeness (QED) is 0.396. The van der Waals surface area contributed by atoms with Gasteiger partial charge < -0.3 is 4.74 Å². The number of esters is 1. The van der Waals surface area contributed by atoms with Crippen molar-refractivity contribution in [2.24, 2.45) is 0 Å². The summed E-state index contributed by atoms with van der Waals surface area (Å²) in [5, 5.41) is 1.45. The number of aromatic nitrogens is 1. The molecule has 0 radical (unpaired) electrons. The number of hydrogen-bond acceptors (Lipinski definition) is 6. The molecule has 1 N–H and O–H groups in total. The third-order valence-corrected chi connectivity index (χ3v) is 6.86. The van der Waals surface area contributed by atoms with Crippen LogP contribution in [-0.2, 0) is 20.5 Å². The van der Waals surface area contributed by atoms with Crippen molar-refractivity contribution in [2.45, 2.75) is 22.6 Å². The standard InChI is InChI=1S/C21H19ClN2O4S2/c1-14-3-9-18(11-19(14)21(25)28-2)30(26,27)24-17-8-10-20(23-12-17)29-13-15-4-6-16(22)7-5-15/h3-12,24H,13H2,1-2H3. The Morgan fingerprint density at radius 2 is 1.87 bits per heavy atom. The van der Waals surface area contributed by atoms with E-state index in [0.717, 1.165) is 16.3 Å². The molecule has 1 heterocycles. The molecule has 3 aromatic rings. The molecule has 2 aromatic carbocycles. The van der Waals surface area contributed by atoms with Gasteiger partial charge in [0.2, 0.25) is 0 Å². The third-order valence-electron chi connectivity index (χ3n) is 4.21. The second-order valence-corrected chi connectivity index (χ2v) is 9.49. The number of halogens is 1.